The second-order valence-electron chi connectivity index (χ2n) is 5.14. The van der Waals surface area contributed by atoms with Crippen LogP contribution in [0.4, 0.5) is 0 Å². The van der Waals surface area contributed by atoms with E-state index in [1.807, 2.05) is 13.8 Å². The van der Waals surface area contributed by atoms with Crippen LogP contribution in [0.15, 0.2) is 53.2 Å². The van der Waals surface area contributed by atoms with Gasteiger partial charge in [-0.05, 0) is 44.2 Å². The van der Waals surface area contributed by atoms with Gasteiger partial charge in [0.05, 0.1) is 11.3 Å². The number of esters is 1. The van der Waals surface area contributed by atoms with E-state index in [4.69, 9.17) is 13.9 Å². The summed E-state index contributed by atoms with van der Waals surface area (Å²) < 4.78 is 16.3. The average molecular weight is 324 g/mol. The largest absolute Gasteiger partial charge is 0.457 e. The van der Waals surface area contributed by atoms with Crippen LogP contribution < -0.4 is 4.74 Å². The average Bonchev–Trinajstić information content (AvgIpc) is 2.92. The smallest absolute Gasteiger partial charge is 0.338 e. The molecular formula is C18H16N2O4. The molecule has 0 fully saturated rings. The highest BCUT2D eigenvalue weighted by Gasteiger charge is 2.12. The van der Waals surface area contributed by atoms with Gasteiger partial charge in [0.2, 0.25) is 5.89 Å². The summed E-state index contributed by atoms with van der Waals surface area (Å²) in [5.41, 5.74) is 1.18. The molecule has 0 aliphatic carbocycles. The van der Waals surface area contributed by atoms with Crippen LogP contribution in [0.25, 0.3) is 0 Å². The molecule has 3 rings (SSSR count). The first-order valence-electron chi connectivity index (χ1n) is 7.40. The van der Waals surface area contributed by atoms with E-state index in [1.165, 1.54) is 0 Å². The highest BCUT2D eigenvalue weighted by atomic mass is 16.5. The summed E-state index contributed by atoms with van der Waals surface area (Å²) in [5, 5.41) is 0. The van der Waals surface area contributed by atoms with Crippen molar-refractivity contribution in [1.82, 2.24) is 9.97 Å². The van der Waals surface area contributed by atoms with Crippen molar-refractivity contribution in [2.45, 2.75) is 20.5 Å². The van der Waals surface area contributed by atoms with E-state index in [2.05, 4.69) is 9.97 Å². The quantitative estimate of drug-likeness (QED) is 0.664. The molecule has 2 aromatic heterocycles. The Kier molecular flexibility index (Phi) is 4.56. The van der Waals surface area contributed by atoms with E-state index in [-0.39, 0.29) is 6.61 Å². The van der Waals surface area contributed by atoms with E-state index in [0.29, 0.717) is 28.7 Å². The van der Waals surface area contributed by atoms with Crippen molar-refractivity contribution in [3.8, 4) is 11.5 Å². The summed E-state index contributed by atoms with van der Waals surface area (Å²) in [6.45, 7) is 3.64. The number of aromatic nitrogens is 2. The normalized spacial score (nSPS) is 10.4. The number of pyridine rings is 1. The van der Waals surface area contributed by atoms with Gasteiger partial charge < -0.3 is 13.9 Å². The zero-order chi connectivity index (χ0) is 16.9. The number of hydrogen-bond acceptors (Lipinski definition) is 6. The van der Waals surface area contributed by atoms with Gasteiger partial charge in [0.1, 0.15) is 17.3 Å². The predicted octanol–water partition coefficient (Wildman–Crippen LogP) is 3.84. The van der Waals surface area contributed by atoms with Crippen molar-refractivity contribution >= 4 is 5.97 Å². The SMILES string of the molecule is Cc1nc(COC(=O)c2cccc(Oc3ccncc3)c2)oc1C. The second kappa shape index (κ2) is 6.95. The second-order valence-corrected chi connectivity index (χ2v) is 5.14. The van der Waals surface area contributed by atoms with Gasteiger partial charge in [-0.3, -0.25) is 4.98 Å². The number of nitrogens with zero attached hydrogens (tertiary/aromatic N) is 2. The molecule has 0 aliphatic rings. The number of benzene rings is 1. The first-order chi connectivity index (χ1) is 11.6. The van der Waals surface area contributed by atoms with Gasteiger partial charge in [-0.2, -0.15) is 0 Å². The number of oxazole rings is 1. The summed E-state index contributed by atoms with van der Waals surface area (Å²) in [6.07, 6.45) is 3.27. The lowest BCUT2D eigenvalue weighted by atomic mass is 10.2. The van der Waals surface area contributed by atoms with Gasteiger partial charge in [-0.15, -0.1) is 0 Å². The van der Waals surface area contributed by atoms with Crippen molar-refractivity contribution in [3.63, 3.8) is 0 Å². The number of rotatable bonds is 5. The first kappa shape index (κ1) is 15.7. The van der Waals surface area contributed by atoms with E-state index in [1.54, 1.807) is 48.8 Å². The van der Waals surface area contributed by atoms with Gasteiger partial charge in [-0.1, -0.05) is 6.07 Å². The molecule has 0 saturated heterocycles. The Labute approximate surface area is 139 Å². The van der Waals surface area contributed by atoms with Gasteiger partial charge >= 0.3 is 5.97 Å². The summed E-state index contributed by atoms with van der Waals surface area (Å²) in [4.78, 5) is 20.3. The van der Waals surface area contributed by atoms with E-state index in [0.717, 1.165) is 5.69 Å². The molecule has 0 amide bonds. The highest BCUT2D eigenvalue weighted by Crippen LogP contribution is 2.22. The third-order valence-corrected chi connectivity index (χ3v) is 3.35. The Hall–Kier alpha value is -3.15. The molecule has 0 radical (unpaired) electrons. The molecule has 0 atom stereocenters. The number of ether oxygens (including phenoxy) is 2. The van der Waals surface area contributed by atoms with Crippen molar-refractivity contribution in [1.29, 1.82) is 0 Å². The molecule has 6 nitrogen and oxygen atoms in total. The third kappa shape index (κ3) is 3.78. The van der Waals surface area contributed by atoms with Crippen LogP contribution in [-0.4, -0.2) is 15.9 Å². The Morgan fingerprint density at radius 1 is 1.12 bits per heavy atom. The molecule has 1 aromatic carbocycles. The summed E-state index contributed by atoms with van der Waals surface area (Å²) in [6, 6.07) is 10.2. The minimum Gasteiger partial charge on any atom is -0.457 e. The Morgan fingerprint density at radius 2 is 1.92 bits per heavy atom. The van der Waals surface area contributed by atoms with Crippen LogP contribution in [0.1, 0.15) is 27.7 Å². The molecule has 24 heavy (non-hydrogen) atoms. The van der Waals surface area contributed by atoms with Crippen molar-refractivity contribution in [2.75, 3.05) is 0 Å². The number of carbonyl (C=O) groups is 1. The first-order valence-corrected chi connectivity index (χ1v) is 7.40. The van der Waals surface area contributed by atoms with Crippen LogP contribution in [-0.2, 0) is 11.3 Å². The third-order valence-electron chi connectivity index (χ3n) is 3.35. The Balaban J connectivity index is 1.65. The van der Waals surface area contributed by atoms with Gasteiger partial charge in [0.25, 0.3) is 0 Å². The molecule has 0 N–H and O–H groups in total. The van der Waals surface area contributed by atoms with Gasteiger partial charge in [0, 0.05) is 12.4 Å². The molecule has 122 valence electrons. The molecule has 0 aliphatic heterocycles. The molecular weight excluding hydrogens is 308 g/mol. The minimum atomic E-state index is -0.469. The fraction of sp³-hybridized carbons (Fsp3) is 0.167. The summed E-state index contributed by atoms with van der Waals surface area (Å²) in [7, 11) is 0. The fourth-order valence-corrected chi connectivity index (χ4v) is 2.04. The van der Waals surface area contributed by atoms with Crippen molar-refractivity contribution in [2.24, 2.45) is 0 Å². The maximum Gasteiger partial charge on any atom is 0.338 e. The molecule has 2 heterocycles. The molecule has 0 spiro atoms. The number of hydrogen-bond donors (Lipinski definition) is 0. The fourth-order valence-electron chi connectivity index (χ4n) is 2.04. The molecule has 6 heteroatoms. The molecule has 3 aromatic rings. The van der Waals surface area contributed by atoms with Crippen LogP contribution in [0.2, 0.25) is 0 Å². The van der Waals surface area contributed by atoms with Gasteiger partial charge in [-0.25, -0.2) is 9.78 Å². The lowest BCUT2D eigenvalue weighted by Gasteiger charge is -2.07. The standard InChI is InChI=1S/C18H16N2O4/c1-12-13(2)23-17(20-12)11-22-18(21)14-4-3-5-16(10-14)24-15-6-8-19-9-7-15/h3-10H,11H2,1-2H3. The monoisotopic (exact) mass is 324 g/mol. The summed E-state index contributed by atoms with van der Waals surface area (Å²) >= 11 is 0. The molecule has 0 bridgehead atoms. The number of aryl methyl sites for hydroxylation is 2. The Morgan fingerprint density at radius 3 is 2.62 bits per heavy atom. The topological polar surface area (TPSA) is 74.5 Å². The van der Waals surface area contributed by atoms with Crippen LogP contribution in [0, 0.1) is 13.8 Å². The lowest BCUT2D eigenvalue weighted by molar-refractivity contribution is 0.0436. The van der Waals surface area contributed by atoms with Crippen molar-refractivity contribution < 1.29 is 18.7 Å². The maximum absolute atomic E-state index is 12.2. The molecule has 0 unspecified atom stereocenters. The highest BCUT2D eigenvalue weighted by molar-refractivity contribution is 5.89. The van der Waals surface area contributed by atoms with E-state index in [9.17, 15) is 4.79 Å². The van der Waals surface area contributed by atoms with E-state index >= 15 is 0 Å². The summed E-state index contributed by atoms with van der Waals surface area (Å²) in [5.74, 6) is 1.81. The minimum absolute atomic E-state index is 0.0110. The van der Waals surface area contributed by atoms with Crippen molar-refractivity contribution in [3.05, 3.63) is 71.7 Å². The zero-order valence-electron chi connectivity index (χ0n) is 13.4. The zero-order valence-corrected chi connectivity index (χ0v) is 13.4. The van der Waals surface area contributed by atoms with Crippen LogP contribution in [0.3, 0.4) is 0 Å². The van der Waals surface area contributed by atoms with Crippen LogP contribution in [0.5, 0.6) is 11.5 Å². The lowest BCUT2D eigenvalue weighted by Crippen LogP contribution is -2.05. The van der Waals surface area contributed by atoms with E-state index < -0.39 is 5.97 Å². The van der Waals surface area contributed by atoms with Gasteiger partial charge in [0.15, 0.2) is 6.61 Å². The maximum atomic E-state index is 12.2. The Bertz CT molecular complexity index is 824. The number of carbonyl (C=O) groups excluding carboxylic acids is 1. The van der Waals surface area contributed by atoms with Crippen LogP contribution >= 0.6 is 0 Å². The molecule has 0 saturated carbocycles. The predicted molar refractivity (Wildman–Crippen MR) is 85.8 cm³/mol.